The number of hydrogen-bond acceptors (Lipinski definition) is 6. The third-order valence-electron chi connectivity index (χ3n) is 10.5. The number of furan rings is 1. The van der Waals surface area contributed by atoms with Crippen molar-refractivity contribution in [2.45, 2.75) is 93.4 Å². The molecule has 0 atom stereocenters. The molecule has 0 spiro atoms. The summed E-state index contributed by atoms with van der Waals surface area (Å²) in [6.45, 7) is 18.8. The van der Waals surface area contributed by atoms with E-state index in [0.29, 0.717) is 0 Å². The normalized spacial score (nSPS) is 12.5. The Morgan fingerprint density at radius 2 is 1.56 bits per heavy atom. The molecular weight excluding hydrogens is 817 g/mol. The minimum absolute atomic E-state index is 0. The number of aliphatic hydroxyl groups is 1. The number of allylic oxidation sites excluding steroid dienone is 2. The van der Waals surface area contributed by atoms with E-state index in [4.69, 9.17) is 9.40 Å². The van der Waals surface area contributed by atoms with Crippen LogP contribution in [-0.2, 0) is 30.3 Å². The van der Waals surface area contributed by atoms with Gasteiger partial charge in [-0.1, -0.05) is 91.5 Å². The number of thiophene rings is 1. The van der Waals surface area contributed by atoms with E-state index in [0.717, 1.165) is 74.8 Å². The number of pyridine rings is 2. The predicted molar refractivity (Wildman–Crippen MR) is 206 cm³/mol. The van der Waals surface area contributed by atoms with E-state index < -0.39 is 0 Å². The monoisotopic (exact) mass is 866 g/mol. The number of carbonyl (C=O) groups excluding carboxylic acids is 1. The summed E-state index contributed by atoms with van der Waals surface area (Å²) in [5.74, 6) is 1.08. The smallest absolute Gasteiger partial charge is 0.164 e. The van der Waals surface area contributed by atoms with Crippen LogP contribution in [0.1, 0.15) is 93.6 Å². The van der Waals surface area contributed by atoms with Crippen LogP contribution in [0, 0.1) is 16.9 Å². The molecule has 4 heterocycles. The second-order valence-corrected chi connectivity index (χ2v) is 15.4. The Balaban J connectivity index is 0.000000269. The number of rotatable bonds is 9. The summed E-state index contributed by atoms with van der Waals surface area (Å²) in [7, 11) is 0. The molecule has 0 unspecified atom stereocenters. The summed E-state index contributed by atoms with van der Waals surface area (Å²) >= 11 is 1.64. The number of carbonyl (C=O) groups is 1. The molecule has 0 saturated heterocycles. The fourth-order valence-corrected chi connectivity index (χ4v) is 6.70. The first kappa shape index (κ1) is 39.2. The summed E-state index contributed by atoms with van der Waals surface area (Å²) in [6.07, 6.45) is 8.44. The summed E-state index contributed by atoms with van der Waals surface area (Å²) in [4.78, 5) is 22.5. The minimum Gasteiger partial charge on any atom is -0.512 e. The largest absolute Gasteiger partial charge is 0.512 e. The molecule has 5 nitrogen and oxygen atoms in total. The van der Waals surface area contributed by atoms with E-state index in [-0.39, 0.29) is 47.9 Å². The molecule has 0 aliphatic heterocycles. The average molecular weight is 866 g/mol. The Bertz CT molecular complexity index is 2130. The summed E-state index contributed by atoms with van der Waals surface area (Å²) in [5, 5.41) is 16.6. The predicted octanol–water partition coefficient (Wildman–Crippen LogP) is 12.7. The van der Waals surface area contributed by atoms with Crippen molar-refractivity contribution < 1.29 is 34.4 Å². The van der Waals surface area contributed by atoms with Crippen molar-refractivity contribution in [3.05, 3.63) is 95.8 Å². The second-order valence-electron chi connectivity index (χ2n) is 14.5. The maximum atomic E-state index is 12.2. The van der Waals surface area contributed by atoms with Crippen molar-refractivity contribution in [2.24, 2.45) is 10.8 Å². The Hall–Kier alpha value is -3.64. The molecule has 4 aromatic heterocycles. The van der Waals surface area contributed by atoms with E-state index in [1.807, 2.05) is 60.0 Å². The van der Waals surface area contributed by atoms with Gasteiger partial charge in [0.2, 0.25) is 0 Å². The second kappa shape index (κ2) is 15.7. The van der Waals surface area contributed by atoms with Crippen LogP contribution >= 0.6 is 11.3 Å². The van der Waals surface area contributed by atoms with Crippen LogP contribution in [-0.4, -0.2) is 20.9 Å². The molecule has 50 heavy (non-hydrogen) atoms. The molecule has 0 saturated carbocycles. The zero-order valence-electron chi connectivity index (χ0n) is 30.7. The summed E-state index contributed by atoms with van der Waals surface area (Å²) in [5.41, 5.74) is 4.34. The maximum absolute atomic E-state index is 12.2. The van der Waals surface area contributed by atoms with E-state index in [1.54, 1.807) is 11.3 Å². The molecule has 0 aliphatic rings. The standard InChI is InChI=1S/C28H21N2OS.C15H28O2.Ir/c1-28(2,3)23-14-19(12-17-6-4-5-7-21(17)23)26-22-15-25(31-24(22)8-10-29-26)20-13-18-9-11-32-27(18)30-16-20;1-7-14(5,8-2)12(16)11-13(17)15(6,9-3)10-4;/h4-11,13-16H,1-3H3;11,16H,7-10H2,1-6H3;/q-1;;/b;12-11-;. The van der Waals surface area contributed by atoms with Crippen LogP contribution in [0.25, 0.3) is 54.5 Å². The van der Waals surface area contributed by atoms with Crippen molar-refractivity contribution in [3.8, 4) is 22.6 Å². The number of benzene rings is 2. The number of ketones is 1. The van der Waals surface area contributed by atoms with Gasteiger partial charge in [-0.3, -0.25) is 9.78 Å². The zero-order chi connectivity index (χ0) is 35.6. The van der Waals surface area contributed by atoms with Crippen LogP contribution < -0.4 is 0 Å². The number of aromatic nitrogens is 2. The number of nitrogens with zero attached hydrogens (tertiary/aromatic N) is 2. The van der Waals surface area contributed by atoms with Gasteiger partial charge in [0.15, 0.2) is 5.78 Å². The van der Waals surface area contributed by atoms with Gasteiger partial charge in [-0.25, -0.2) is 4.98 Å². The number of aliphatic hydroxyl groups excluding tert-OH is 1. The van der Waals surface area contributed by atoms with Crippen molar-refractivity contribution in [2.75, 3.05) is 0 Å². The van der Waals surface area contributed by atoms with E-state index in [9.17, 15) is 9.90 Å². The molecule has 6 aromatic rings. The van der Waals surface area contributed by atoms with Crippen molar-refractivity contribution in [3.63, 3.8) is 0 Å². The zero-order valence-corrected chi connectivity index (χ0v) is 33.9. The molecule has 1 N–H and O–H groups in total. The number of fused-ring (bicyclic) bond motifs is 3. The van der Waals surface area contributed by atoms with Crippen molar-refractivity contribution in [1.29, 1.82) is 0 Å². The van der Waals surface area contributed by atoms with Crippen LogP contribution in [0.5, 0.6) is 0 Å². The molecule has 2 aromatic carbocycles. The van der Waals surface area contributed by atoms with Gasteiger partial charge < -0.3 is 9.52 Å². The molecule has 0 fully saturated rings. The summed E-state index contributed by atoms with van der Waals surface area (Å²) < 4.78 is 6.24. The molecule has 265 valence electrons. The van der Waals surface area contributed by atoms with Gasteiger partial charge >= 0.3 is 0 Å². The quantitative estimate of drug-likeness (QED) is 0.0890. The first-order valence-corrected chi connectivity index (χ1v) is 18.3. The van der Waals surface area contributed by atoms with Gasteiger partial charge in [-0.15, -0.1) is 40.5 Å². The van der Waals surface area contributed by atoms with Crippen LogP contribution in [0.2, 0.25) is 0 Å². The topological polar surface area (TPSA) is 76.2 Å². The molecule has 6 rings (SSSR count). The fourth-order valence-electron chi connectivity index (χ4n) is 5.98. The van der Waals surface area contributed by atoms with Crippen molar-refractivity contribution in [1.82, 2.24) is 9.97 Å². The van der Waals surface area contributed by atoms with Gasteiger partial charge in [0, 0.05) is 71.4 Å². The van der Waals surface area contributed by atoms with Gasteiger partial charge in [-0.05, 0) is 60.7 Å². The summed E-state index contributed by atoms with van der Waals surface area (Å²) in [6, 6.07) is 22.5. The third kappa shape index (κ3) is 7.96. The Morgan fingerprint density at radius 3 is 2.22 bits per heavy atom. The average Bonchev–Trinajstić information content (AvgIpc) is 3.77. The van der Waals surface area contributed by atoms with Gasteiger partial charge in [0.25, 0.3) is 0 Å². The van der Waals surface area contributed by atoms with E-state index in [1.165, 1.54) is 17.0 Å². The minimum atomic E-state index is -0.337. The van der Waals surface area contributed by atoms with Gasteiger partial charge in [0.1, 0.15) is 21.9 Å². The Labute approximate surface area is 314 Å². The third-order valence-corrected chi connectivity index (χ3v) is 11.3. The van der Waals surface area contributed by atoms with E-state index in [2.05, 4.69) is 85.7 Å². The molecule has 0 bridgehead atoms. The molecule has 7 heteroatoms. The van der Waals surface area contributed by atoms with Crippen molar-refractivity contribution >= 4 is 49.1 Å². The first-order valence-electron chi connectivity index (χ1n) is 17.4. The Kier molecular flexibility index (Phi) is 12.3. The first-order chi connectivity index (χ1) is 23.3. The molecule has 0 amide bonds. The molecule has 1 radical (unpaired) electrons. The molecular formula is C43H49IrN2O3S-. The van der Waals surface area contributed by atoms with Gasteiger partial charge in [-0.2, -0.15) is 0 Å². The van der Waals surface area contributed by atoms with Crippen LogP contribution in [0.15, 0.2) is 88.6 Å². The fraction of sp³-hybridized carbons (Fsp3) is 0.372. The van der Waals surface area contributed by atoms with Gasteiger partial charge in [0.05, 0.1) is 0 Å². The van der Waals surface area contributed by atoms with Crippen LogP contribution in [0.4, 0.5) is 0 Å². The van der Waals surface area contributed by atoms with E-state index >= 15 is 0 Å². The van der Waals surface area contributed by atoms with Crippen LogP contribution in [0.3, 0.4) is 0 Å². The SMILES string of the molecule is CC(C)(C)c1cc(-c2nccc3oc(-c4cnc5sccc5c4)cc23)[c-]c2ccccc12.CCC(C)(CC)C(=O)/C=C(\O)C(C)(CC)CC.[Ir]. The Morgan fingerprint density at radius 1 is 0.880 bits per heavy atom. The number of hydrogen-bond donors (Lipinski definition) is 1. The maximum Gasteiger partial charge on any atom is 0.164 e. The molecule has 0 aliphatic carbocycles.